The summed E-state index contributed by atoms with van der Waals surface area (Å²) in [6.45, 7) is 5.75. The van der Waals surface area contributed by atoms with Gasteiger partial charge in [0.15, 0.2) is 11.0 Å². The fourth-order valence-corrected chi connectivity index (χ4v) is 3.87. The molecule has 1 aromatic carbocycles. The van der Waals surface area contributed by atoms with Crippen molar-refractivity contribution in [2.75, 3.05) is 0 Å². The summed E-state index contributed by atoms with van der Waals surface area (Å²) >= 11 is 1.67. The van der Waals surface area contributed by atoms with Gasteiger partial charge in [0.1, 0.15) is 18.0 Å². The highest BCUT2D eigenvalue weighted by Crippen LogP contribution is 2.23. The maximum Gasteiger partial charge on any atom is 0.191 e. The first-order chi connectivity index (χ1) is 14.2. The largest absolute Gasteiger partial charge is 0.486 e. The van der Waals surface area contributed by atoms with Crippen LogP contribution in [0.15, 0.2) is 66.1 Å². The molecule has 3 heterocycles. The summed E-state index contributed by atoms with van der Waals surface area (Å²) in [7, 11) is 0. The predicted octanol–water partition coefficient (Wildman–Crippen LogP) is 4.84. The minimum absolute atomic E-state index is 0.407. The highest BCUT2D eigenvalue weighted by atomic mass is 32.2. The van der Waals surface area contributed by atoms with Crippen molar-refractivity contribution in [1.82, 2.24) is 24.1 Å². The Balaban J connectivity index is 1.47. The Morgan fingerprint density at radius 3 is 2.66 bits per heavy atom. The Bertz CT molecular complexity index is 1020. The van der Waals surface area contributed by atoms with Crippen molar-refractivity contribution in [3.05, 3.63) is 72.4 Å². The van der Waals surface area contributed by atoms with Gasteiger partial charge in [0.2, 0.25) is 0 Å². The monoisotopic (exact) mass is 407 g/mol. The van der Waals surface area contributed by atoms with Gasteiger partial charge >= 0.3 is 0 Å². The number of fused-ring (bicyclic) bond motifs is 1. The average Bonchev–Trinajstić information content (AvgIpc) is 3.33. The summed E-state index contributed by atoms with van der Waals surface area (Å²) in [5.74, 6) is 3.05. The highest BCUT2D eigenvalue weighted by Gasteiger charge is 2.15. The maximum atomic E-state index is 5.91. The van der Waals surface area contributed by atoms with Gasteiger partial charge in [-0.1, -0.05) is 49.9 Å². The zero-order valence-electron chi connectivity index (χ0n) is 16.7. The Kier molecular flexibility index (Phi) is 6.14. The molecule has 0 saturated heterocycles. The summed E-state index contributed by atoms with van der Waals surface area (Å²) < 4.78 is 10.1. The van der Waals surface area contributed by atoms with Gasteiger partial charge in [-0.3, -0.25) is 0 Å². The van der Waals surface area contributed by atoms with Crippen LogP contribution in [-0.2, 0) is 18.9 Å². The molecule has 0 amide bonds. The molecule has 0 spiro atoms. The van der Waals surface area contributed by atoms with Gasteiger partial charge in [-0.2, -0.15) is 0 Å². The van der Waals surface area contributed by atoms with E-state index in [-0.39, 0.29) is 0 Å². The maximum absolute atomic E-state index is 5.91. The van der Waals surface area contributed by atoms with Crippen molar-refractivity contribution in [3.8, 4) is 5.75 Å². The fraction of sp³-hybridized carbons (Fsp3) is 0.318. The fourth-order valence-electron chi connectivity index (χ4n) is 3.00. The van der Waals surface area contributed by atoms with Crippen molar-refractivity contribution in [2.45, 2.75) is 44.3 Å². The number of thioether (sulfide) groups is 1. The van der Waals surface area contributed by atoms with E-state index in [2.05, 4.69) is 39.8 Å². The second-order valence-corrected chi connectivity index (χ2v) is 8.26. The van der Waals surface area contributed by atoms with Crippen LogP contribution in [0, 0.1) is 5.92 Å². The molecule has 7 heteroatoms. The Labute approximate surface area is 175 Å². The molecule has 0 atom stereocenters. The molecule has 4 rings (SSSR count). The summed E-state index contributed by atoms with van der Waals surface area (Å²) in [6, 6.07) is 15.8. The SMILES string of the molecule is CC(C)CCn1c(COc2ccccc2)nnc1SCc1cn2ccccc2n1. The van der Waals surface area contributed by atoms with Gasteiger partial charge in [-0.15, -0.1) is 10.2 Å². The molecule has 29 heavy (non-hydrogen) atoms. The molecule has 0 saturated carbocycles. The molecule has 0 radical (unpaired) electrons. The van der Waals surface area contributed by atoms with Gasteiger partial charge in [-0.25, -0.2) is 4.98 Å². The number of ether oxygens (including phenoxy) is 1. The normalized spacial score (nSPS) is 11.4. The van der Waals surface area contributed by atoms with Crippen LogP contribution < -0.4 is 4.74 Å². The van der Waals surface area contributed by atoms with E-state index in [9.17, 15) is 0 Å². The van der Waals surface area contributed by atoms with Gasteiger partial charge < -0.3 is 13.7 Å². The first-order valence-corrected chi connectivity index (χ1v) is 10.8. The molecule has 0 aliphatic carbocycles. The van der Waals surface area contributed by atoms with Crippen LogP contribution in [-0.4, -0.2) is 24.1 Å². The molecule has 0 N–H and O–H groups in total. The number of rotatable bonds is 9. The summed E-state index contributed by atoms with van der Waals surface area (Å²) in [4.78, 5) is 4.67. The van der Waals surface area contributed by atoms with Crippen LogP contribution in [0.25, 0.3) is 5.65 Å². The van der Waals surface area contributed by atoms with Gasteiger partial charge in [0, 0.05) is 24.7 Å². The predicted molar refractivity (Wildman–Crippen MR) is 115 cm³/mol. The van der Waals surface area contributed by atoms with Crippen LogP contribution in [0.4, 0.5) is 0 Å². The van der Waals surface area contributed by atoms with Crippen LogP contribution in [0.1, 0.15) is 31.8 Å². The van der Waals surface area contributed by atoms with E-state index < -0.39 is 0 Å². The van der Waals surface area contributed by atoms with E-state index in [1.807, 2.05) is 59.1 Å². The number of para-hydroxylation sites is 1. The molecule has 6 nitrogen and oxygen atoms in total. The molecule has 150 valence electrons. The van der Waals surface area contributed by atoms with Crippen molar-refractivity contribution in [3.63, 3.8) is 0 Å². The number of imidazole rings is 1. The number of nitrogens with zero attached hydrogens (tertiary/aromatic N) is 5. The topological polar surface area (TPSA) is 57.2 Å². The van der Waals surface area contributed by atoms with Crippen LogP contribution >= 0.6 is 11.8 Å². The molecule has 0 fully saturated rings. The Morgan fingerprint density at radius 2 is 1.86 bits per heavy atom. The third-order valence-corrected chi connectivity index (χ3v) is 5.60. The zero-order valence-corrected chi connectivity index (χ0v) is 17.5. The smallest absolute Gasteiger partial charge is 0.191 e. The minimum atomic E-state index is 0.407. The second-order valence-electron chi connectivity index (χ2n) is 7.32. The molecule has 0 aliphatic rings. The quantitative estimate of drug-likeness (QED) is 0.372. The Hall–Kier alpha value is -2.80. The van der Waals surface area contributed by atoms with E-state index in [0.717, 1.165) is 46.8 Å². The highest BCUT2D eigenvalue weighted by molar-refractivity contribution is 7.98. The zero-order chi connectivity index (χ0) is 20.1. The minimum Gasteiger partial charge on any atom is -0.486 e. The number of benzene rings is 1. The van der Waals surface area contributed by atoms with Gasteiger partial charge in [0.05, 0.1) is 5.69 Å². The van der Waals surface area contributed by atoms with Gasteiger partial charge in [-0.05, 0) is 36.6 Å². The third kappa shape index (κ3) is 4.98. The number of hydrogen-bond acceptors (Lipinski definition) is 5. The average molecular weight is 408 g/mol. The Morgan fingerprint density at radius 1 is 1.03 bits per heavy atom. The third-order valence-electron chi connectivity index (χ3n) is 4.60. The lowest BCUT2D eigenvalue weighted by molar-refractivity contribution is 0.285. The van der Waals surface area contributed by atoms with E-state index >= 15 is 0 Å². The van der Waals surface area contributed by atoms with E-state index in [1.165, 1.54) is 0 Å². The van der Waals surface area contributed by atoms with Crippen molar-refractivity contribution in [2.24, 2.45) is 5.92 Å². The van der Waals surface area contributed by atoms with Crippen LogP contribution in [0.3, 0.4) is 0 Å². The number of hydrogen-bond donors (Lipinski definition) is 0. The summed E-state index contributed by atoms with van der Waals surface area (Å²) in [5.41, 5.74) is 1.99. The van der Waals surface area contributed by atoms with E-state index in [0.29, 0.717) is 12.5 Å². The summed E-state index contributed by atoms with van der Waals surface area (Å²) in [6.07, 6.45) is 5.15. The van der Waals surface area contributed by atoms with Crippen molar-refractivity contribution >= 4 is 17.4 Å². The lowest BCUT2D eigenvalue weighted by Crippen LogP contribution is -2.10. The van der Waals surface area contributed by atoms with Crippen LogP contribution in [0.5, 0.6) is 5.75 Å². The molecule has 0 unspecified atom stereocenters. The molecule has 4 aromatic rings. The molecule has 0 bridgehead atoms. The lowest BCUT2D eigenvalue weighted by Gasteiger charge is -2.12. The second kappa shape index (κ2) is 9.13. The molecular weight excluding hydrogens is 382 g/mol. The van der Waals surface area contributed by atoms with Crippen molar-refractivity contribution < 1.29 is 4.74 Å². The van der Waals surface area contributed by atoms with E-state index in [4.69, 9.17) is 4.74 Å². The van der Waals surface area contributed by atoms with Crippen molar-refractivity contribution in [1.29, 1.82) is 0 Å². The van der Waals surface area contributed by atoms with Crippen LogP contribution in [0.2, 0.25) is 0 Å². The van der Waals surface area contributed by atoms with Gasteiger partial charge in [0.25, 0.3) is 0 Å². The summed E-state index contributed by atoms with van der Waals surface area (Å²) in [5, 5.41) is 9.75. The molecule has 3 aromatic heterocycles. The number of aromatic nitrogens is 5. The van der Waals surface area contributed by atoms with E-state index in [1.54, 1.807) is 11.8 Å². The number of pyridine rings is 1. The standard InChI is InChI=1S/C22H25N5OS/c1-17(2)11-13-27-21(15-28-19-8-4-3-5-9-19)24-25-22(27)29-16-18-14-26-12-7-6-10-20(26)23-18/h3-10,12,14,17H,11,13,15-16H2,1-2H3. The lowest BCUT2D eigenvalue weighted by atomic mass is 10.1. The molecule has 0 aliphatic heterocycles. The first-order valence-electron chi connectivity index (χ1n) is 9.84. The molecular formula is C22H25N5OS. The first kappa shape index (κ1) is 19.5.